The lowest BCUT2D eigenvalue weighted by molar-refractivity contribution is 0.322. The van der Waals surface area contributed by atoms with E-state index in [1.165, 1.54) is 6.21 Å². The Hall–Kier alpha value is -1.09. The molecule has 0 saturated carbocycles. The summed E-state index contributed by atoms with van der Waals surface area (Å²) in [5.74, 6) is 0. The first kappa shape index (κ1) is 8.01. The van der Waals surface area contributed by atoms with Crippen LogP contribution in [0.2, 0.25) is 5.02 Å². The third-order valence-electron chi connectivity index (χ3n) is 1.25. The minimum atomic E-state index is 0.572. The van der Waals surface area contributed by atoms with Gasteiger partial charge in [0.05, 0.1) is 16.9 Å². The Bertz CT molecular complexity index is 286. The molecular weight excluding hydrogens is 164 g/mol. The molecule has 0 unspecified atom stereocenters. The summed E-state index contributed by atoms with van der Waals surface area (Å²) in [4.78, 5) is 3.96. The van der Waals surface area contributed by atoms with E-state index in [4.69, 9.17) is 16.8 Å². The van der Waals surface area contributed by atoms with E-state index in [1.807, 2.05) is 6.92 Å². The molecule has 11 heavy (non-hydrogen) atoms. The highest BCUT2D eigenvalue weighted by Crippen LogP contribution is 2.12. The highest BCUT2D eigenvalue weighted by atomic mass is 35.5. The van der Waals surface area contributed by atoms with Gasteiger partial charge < -0.3 is 5.21 Å². The Kier molecular flexibility index (Phi) is 2.44. The van der Waals surface area contributed by atoms with E-state index in [9.17, 15) is 0 Å². The van der Waals surface area contributed by atoms with Gasteiger partial charge in [0, 0.05) is 11.8 Å². The van der Waals surface area contributed by atoms with Crippen LogP contribution in [0.4, 0.5) is 0 Å². The maximum atomic E-state index is 8.18. The summed E-state index contributed by atoms with van der Waals surface area (Å²) in [5, 5.41) is 11.6. The fourth-order valence-corrected chi connectivity index (χ4v) is 0.833. The molecule has 0 aliphatic carbocycles. The number of pyridine rings is 1. The molecule has 0 fully saturated rings. The second kappa shape index (κ2) is 3.34. The van der Waals surface area contributed by atoms with Crippen LogP contribution >= 0.6 is 11.6 Å². The van der Waals surface area contributed by atoms with Gasteiger partial charge in [0.15, 0.2) is 0 Å². The van der Waals surface area contributed by atoms with Crippen molar-refractivity contribution in [1.82, 2.24) is 4.98 Å². The van der Waals surface area contributed by atoms with E-state index in [-0.39, 0.29) is 0 Å². The Morgan fingerprint density at radius 1 is 1.73 bits per heavy atom. The molecule has 0 radical (unpaired) electrons. The lowest BCUT2D eigenvalue weighted by Crippen LogP contribution is -1.87. The van der Waals surface area contributed by atoms with E-state index >= 15 is 0 Å². The molecule has 1 heterocycles. The van der Waals surface area contributed by atoms with Crippen LogP contribution in [0.15, 0.2) is 17.4 Å². The van der Waals surface area contributed by atoms with Gasteiger partial charge in [0.1, 0.15) is 0 Å². The van der Waals surface area contributed by atoms with Gasteiger partial charge >= 0.3 is 0 Å². The summed E-state index contributed by atoms with van der Waals surface area (Å²) in [7, 11) is 0. The van der Waals surface area contributed by atoms with Crippen LogP contribution in [0.3, 0.4) is 0 Å². The van der Waals surface area contributed by atoms with Crippen molar-refractivity contribution >= 4 is 17.8 Å². The van der Waals surface area contributed by atoms with E-state index in [0.717, 1.165) is 5.69 Å². The number of halogens is 1. The average molecular weight is 171 g/mol. The van der Waals surface area contributed by atoms with Crippen LogP contribution in [0.25, 0.3) is 0 Å². The van der Waals surface area contributed by atoms with Gasteiger partial charge in [-0.15, -0.1) is 0 Å². The van der Waals surface area contributed by atoms with Crippen molar-refractivity contribution in [3.8, 4) is 0 Å². The van der Waals surface area contributed by atoms with Gasteiger partial charge in [0.25, 0.3) is 0 Å². The van der Waals surface area contributed by atoms with Crippen molar-refractivity contribution in [3.63, 3.8) is 0 Å². The standard InChI is InChI=1S/C7H7ClN2O/c1-5-7(8)2-6(3-9-5)4-10-11/h2-4,11H,1H3. The molecule has 4 heteroatoms. The minimum absolute atomic E-state index is 0.572. The number of hydrogen-bond acceptors (Lipinski definition) is 3. The Morgan fingerprint density at radius 2 is 2.45 bits per heavy atom. The first-order valence-corrected chi connectivity index (χ1v) is 3.41. The molecule has 0 spiro atoms. The number of oxime groups is 1. The highest BCUT2D eigenvalue weighted by Gasteiger charge is 1.95. The summed E-state index contributed by atoms with van der Waals surface area (Å²) in [6.45, 7) is 1.81. The van der Waals surface area contributed by atoms with Crippen LogP contribution in [-0.4, -0.2) is 16.4 Å². The molecule has 58 valence electrons. The van der Waals surface area contributed by atoms with Crippen LogP contribution in [0, 0.1) is 6.92 Å². The van der Waals surface area contributed by atoms with Gasteiger partial charge in [-0.2, -0.15) is 0 Å². The summed E-state index contributed by atoms with van der Waals surface area (Å²) in [5.41, 5.74) is 1.45. The topological polar surface area (TPSA) is 45.5 Å². The zero-order valence-corrected chi connectivity index (χ0v) is 6.71. The molecule has 1 aromatic rings. The van der Waals surface area contributed by atoms with Gasteiger partial charge in [-0.25, -0.2) is 0 Å². The molecule has 0 bridgehead atoms. The first-order chi connectivity index (χ1) is 5.24. The number of nitrogens with zero attached hydrogens (tertiary/aromatic N) is 2. The quantitative estimate of drug-likeness (QED) is 0.397. The smallest absolute Gasteiger partial charge is 0.0749 e. The van der Waals surface area contributed by atoms with Crippen LogP contribution in [0.5, 0.6) is 0 Å². The number of aryl methyl sites for hydroxylation is 1. The SMILES string of the molecule is Cc1ncc(C=NO)cc1Cl. The molecule has 0 saturated heterocycles. The Labute approximate surface area is 69.3 Å². The van der Waals surface area contributed by atoms with Crippen molar-refractivity contribution in [2.45, 2.75) is 6.92 Å². The monoisotopic (exact) mass is 170 g/mol. The van der Waals surface area contributed by atoms with Crippen LogP contribution in [0.1, 0.15) is 11.3 Å². The number of hydrogen-bond donors (Lipinski definition) is 1. The predicted molar refractivity (Wildman–Crippen MR) is 43.4 cm³/mol. The molecule has 0 aliphatic heterocycles. The van der Waals surface area contributed by atoms with E-state index in [1.54, 1.807) is 12.3 Å². The zero-order chi connectivity index (χ0) is 8.27. The fourth-order valence-electron chi connectivity index (χ4n) is 0.658. The molecule has 1 aromatic heterocycles. The van der Waals surface area contributed by atoms with Gasteiger partial charge in [-0.1, -0.05) is 16.8 Å². The van der Waals surface area contributed by atoms with Crippen molar-refractivity contribution in [2.24, 2.45) is 5.16 Å². The predicted octanol–water partition coefficient (Wildman–Crippen LogP) is 1.85. The highest BCUT2D eigenvalue weighted by molar-refractivity contribution is 6.31. The molecule has 1 rings (SSSR count). The van der Waals surface area contributed by atoms with Crippen molar-refractivity contribution in [1.29, 1.82) is 0 Å². The molecule has 1 N–H and O–H groups in total. The van der Waals surface area contributed by atoms with E-state index in [0.29, 0.717) is 10.6 Å². The zero-order valence-electron chi connectivity index (χ0n) is 5.95. The first-order valence-electron chi connectivity index (χ1n) is 3.03. The van der Waals surface area contributed by atoms with Crippen molar-refractivity contribution in [3.05, 3.63) is 28.5 Å². The van der Waals surface area contributed by atoms with Gasteiger partial charge in [-0.3, -0.25) is 4.98 Å². The maximum absolute atomic E-state index is 8.18. The third-order valence-corrected chi connectivity index (χ3v) is 1.64. The lowest BCUT2D eigenvalue weighted by atomic mass is 10.3. The Morgan fingerprint density at radius 3 is 3.00 bits per heavy atom. The summed E-state index contributed by atoms with van der Waals surface area (Å²) in [6, 6.07) is 1.68. The molecular formula is C7H7ClN2O. The van der Waals surface area contributed by atoms with Gasteiger partial charge in [-0.05, 0) is 13.0 Å². The third kappa shape index (κ3) is 1.91. The Balaban J connectivity index is 3.05. The van der Waals surface area contributed by atoms with Gasteiger partial charge in [0.2, 0.25) is 0 Å². The molecule has 0 aliphatic rings. The summed E-state index contributed by atoms with van der Waals surface area (Å²) in [6.07, 6.45) is 2.86. The normalized spacial score (nSPS) is 10.7. The van der Waals surface area contributed by atoms with Crippen molar-refractivity contribution < 1.29 is 5.21 Å². The van der Waals surface area contributed by atoms with Crippen LogP contribution < -0.4 is 0 Å². The summed E-state index contributed by atoms with van der Waals surface area (Å²) < 4.78 is 0. The number of rotatable bonds is 1. The number of aromatic nitrogens is 1. The second-order valence-corrected chi connectivity index (χ2v) is 2.49. The lowest BCUT2D eigenvalue weighted by Gasteiger charge is -1.95. The second-order valence-electron chi connectivity index (χ2n) is 2.08. The maximum Gasteiger partial charge on any atom is 0.0749 e. The molecule has 0 atom stereocenters. The molecule has 0 amide bonds. The van der Waals surface area contributed by atoms with Crippen LogP contribution in [-0.2, 0) is 0 Å². The molecule has 3 nitrogen and oxygen atoms in total. The molecule has 0 aromatic carbocycles. The van der Waals surface area contributed by atoms with E-state index < -0.39 is 0 Å². The minimum Gasteiger partial charge on any atom is -0.411 e. The summed E-state index contributed by atoms with van der Waals surface area (Å²) >= 11 is 5.74. The average Bonchev–Trinajstić information content (AvgIpc) is 1.98. The largest absolute Gasteiger partial charge is 0.411 e. The van der Waals surface area contributed by atoms with E-state index in [2.05, 4.69) is 10.1 Å². The van der Waals surface area contributed by atoms with Crippen molar-refractivity contribution in [2.75, 3.05) is 0 Å². The fraction of sp³-hybridized carbons (Fsp3) is 0.143.